The zero-order valence-electron chi connectivity index (χ0n) is 13.7. The quantitative estimate of drug-likeness (QED) is 0.778. The molecule has 25 heavy (non-hydrogen) atoms. The first kappa shape index (κ1) is 15.2. The van der Waals surface area contributed by atoms with Gasteiger partial charge in [-0.25, -0.2) is 9.97 Å². The van der Waals surface area contributed by atoms with E-state index in [0.717, 1.165) is 23.4 Å². The summed E-state index contributed by atoms with van der Waals surface area (Å²) in [7, 11) is 0. The fourth-order valence-corrected chi connectivity index (χ4v) is 2.76. The Morgan fingerprint density at radius 1 is 1.20 bits per heavy atom. The molecular weight excluding hydrogens is 316 g/mol. The second-order valence-corrected chi connectivity index (χ2v) is 5.73. The molecule has 126 valence electrons. The number of pyridine rings is 2. The van der Waals surface area contributed by atoms with Crippen LogP contribution in [0, 0.1) is 6.92 Å². The van der Waals surface area contributed by atoms with Gasteiger partial charge in [0.1, 0.15) is 5.82 Å². The van der Waals surface area contributed by atoms with Crippen LogP contribution in [0.1, 0.15) is 30.5 Å². The summed E-state index contributed by atoms with van der Waals surface area (Å²) in [6, 6.07) is 9.24. The average molecular weight is 334 g/mol. The number of carbonyl (C=O) groups is 1. The van der Waals surface area contributed by atoms with E-state index in [9.17, 15) is 4.79 Å². The number of nitrogens with one attached hydrogen (secondary N) is 1. The highest BCUT2D eigenvalue weighted by Crippen LogP contribution is 2.11. The lowest BCUT2D eigenvalue weighted by Gasteiger charge is -2.05. The molecule has 3 aromatic rings. The summed E-state index contributed by atoms with van der Waals surface area (Å²) >= 11 is 0. The van der Waals surface area contributed by atoms with E-state index in [1.54, 1.807) is 25.3 Å². The van der Waals surface area contributed by atoms with Crippen molar-refractivity contribution in [2.75, 3.05) is 5.32 Å². The Morgan fingerprint density at radius 3 is 2.92 bits per heavy atom. The molecule has 7 heteroatoms. The van der Waals surface area contributed by atoms with Crippen LogP contribution >= 0.6 is 0 Å². The highest BCUT2D eigenvalue weighted by Gasteiger charge is 2.18. The average Bonchev–Trinajstić information content (AvgIpc) is 3.04. The van der Waals surface area contributed by atoms with Crippen molar-refractivity contribution in [1.29, 1.82) is 0 Å². The zero-order chi connectivity index (χ0) is 17.2. The maximum Gasteiger partial charge on any atom is 0.279 e. The Labute approximate surface area is 145 Å². The molecule has 0 bridgehead atoms. The highest BCUT2D eigenvalue weighted by molar-refractivity contribution is 6.03. The maximum absolute atomic E-state index is 12.5. The standard InChI is InChI=1S/C18H16N6O.H2/c1-12-17(22-23-24(12)16-8-4-5-11-19-16)18(25)21-15-10-9-13-6-2-3-7-14(13)20-15;/h4-11H,2-3H2,1H3,(H,20,21,25);1H. The van der Waals surface area contributed by atoms with Crippen molar-refractivity contribution in [1.82, 2.24) is 25.0 Å². The lowest BCUT2D eigenvalue weighted by Crippen LogP contribution is -2.31. The SMILES string of the molecule is Cc1c(C(=O)Nc2ccc3c(n2)=CCCC=3)nnn1-c1ccccn1.[HH]. The Balaban J connectivity index is 0.00000196. The Morgan fingerprint density at radius 2 is 2.08 bits per heavy atom. The summed E-state index contributed by atoms with van der Waals surface area (Å²) in [6.07, 6.45) is 7.88. The fraction of sp³-hybridized carbons (Fsp3) is 0.167. The molecule has 0 aromatic carbocycles. The van der Waals surface area contributed by atoms with Crippen molar-refractivity contribution in [3.05, 3.63) is 58.5 Å². The van der Waals surface area contributed by atoms with Crippen LogP contribution in [0.3, 0.4) is 0 Å². The van der Waals surface area contributed by atoms with Gasteiger partial charge >= 0.3 is 0 Å². The molecule has 0 fully saturated rings. The third kappa shape index (κ3) is 2.91. The van der Waals surface area contributed by atoms with Crippen LogP contribution in [0.2, 0.25) is 0 Å². The molecule has 4 rings (SSSR count). The second kappa shape index (κ2) is 6.27. The van der Waals surface area contributed by atoms with Crippen molar-refractivity contribution in [3.63, 3.8) is 0 Å². The lowest BCUT2D eigenvalue weighted by atomic mass is 10.1. The van der Waals surface area contributed by atoms with E-state index in [1.165, 1.54) is 4.68 Å². The van der Waals surface area contributed by atoms with Crippen molar-refractivity contribution >= 4 is 23.9 Å². The van der Waals surface area contributed by atoms with Gasteiger partial charge in [-0.05, 0) is 49.2 Å². The Hall–Kier alpha value is -3.35. The first-order valence-corrected chi connectivity index (χ1v) is 8.05. The van der Waals surface area contributed by atoms with Gasteiger partial charge in [-0.2, -0.15) is 4.68 Å². The van der Waals surface area contributed by atoms with Crippen LogP contribution in [0.15, 0.2) is 36.5 Å². The lowest BCUT2D eigenvalue weighted by molar-refractivity contribution is 0.102. The molecule has 7 nitrogen and oxygen atoms in total. The normalized spacial score (nSPS) is 12.7. The van der Waals surface area contributed by atoms with E-state index in [2.05, 4.69) is 37.7 Å². The first-order valence-electron chi connectivity index (χ1n) is 8.05. The number of hydrogen-bond acceptors (Lipinski definition) is 5. The van der Waals surface area contributed by atoms with Gasteiger partial charge in [-0.1, -0.05) is 23.4 Å². The summed E-state index contributed by atoms with van der Waals surface area (Å²) in [5, 5.41) is 12.8. The van der Waals surface area contributed by atoms with E-state index in [0.29, 0.717) is 17.3 Å². The Bertz CT molecular complexity index is 1060. The molecule has 3 aromatic heterocycles. The summed E-state index contributed by atoms with van der Waals surface area (Å²) in [5.74, 6) is 0.776. The van der Waals surface area contributed by atoms with E-state index >= 15 is 0 Å². The van der Waals surface area contributed by atoms with E-state index in [4.69, 9.17) is 0 Å². The van der Waals surface area contributed by atoms with Crippen molar-refractivity contribution in [2.24, 2.45) is 0 Å². The number of amides is 1. The van der Waals surface area contributed by atoms with Crippen molar-refractivity contribution in [2.45, 2.75) is 19.8 Å². The maximum atomic E-state index is 12.5. The molecule has 0 saturated heterocycles. The summed E-state index contributed by atoms with van der Waals surface area (Å²) in [5.41, 5.74) is 0.870. The monoisotopic (exact) mass is 334 g/mol. The number of aromatic nitrogens is 5. The van der Waals surface area contributed by atoms with Crippen molar-refractivity contribution in [3.8, 4) is 5.82 Å². The molecule has 3 heterocycles. The number of carbonyl (C=O) groups excluding carboxylic acids is 1. The predicted octanol–water partition coefficient (Wildman–Crippen LogP) is 1.22. The van der Waals surface area contributed by atoms with Crippen LogP contribution in [0.4, 0.5) is 5.82 Å². The molecule has 1 amide bonds. The molecule has 0 atom stereocenters. The van der Waals surface area contributed by atoms with Gasteiger partial charge < -0.3 is 5.32 Å². The number of nitrogens with zero attached hydrogens (tertiary/aromatic N) is 5. The van der Waals surface area contributed by atoms with Gasteiger partial charge in [-0.15, -0.1) is 5.10 Å². The van der Waals surface area contributed by atoms with Gasteiger partial charge in [-0.3, -0.25) is 4.79 Å². The summed E-state index contributed by atoms with van der Waals surface area (Å²) in [4.78, 5) is 21.3. The largest absolute Gasteiger partial charge is 0.305 e. The third-order valence-electron chi connectivity index (χ3n) is 4.04. The fourth-order valence-electron chi connectivity index (χ4n) is 2.76. The van der Waals surface area contributed by atoms with Crippen LogP contribution in [-0.4, -0.2) is 30.9 Å². The number of fused-ring (bicyclic) bond motifs is 1. The zero-order valence-corrected chi connectivity index (χ0v) is 13.7. The first-order chi connectivity index (χ1) is 12.2. The molecule has 1 aliphatic carbocycles. The van der Waals surface area contributed by atoms with Crippen LogP contribution in [0.5, 0.6) is 0 Å². The van der Waals surface area contributed by atoms with E-state index in [-0.39, 0.29) is 13.0 Å². The van der Waals surface area contributed by atoms with Gasteiger partial charge in [0.15, 0.2) is 11.5 Å². The second-order valence-electron chi connectivity index (χ2n) is 5.73. The molecule has 1 N–H and O–H groups in total. The molecule has 1 aliphatic rings. The molecular formula is C18H18N6O. The number of anilines is 1. The number of hydrogen-bond donors (Lipinski definition) is 1. The van der Waals surface area contributed by atoms with Crippen LogP contribution in [0.25, 0.3) is 18.0 Å². The van der Waals surface area contributed by atoms with Crippen LogP contribution < -0.4 is 15.9 Å². The predicted molar refractivity (Wildman–Crippen MR) is 95.6 cm³/mol. The topological polar surface area (TPSA) is 85.6 Å². The van der Waals surface area contributed by atoms with Gasteiger partial charge in [0.2, 0.25) is 0 Å². The van der Waals surface area contributed by atoms with Gasteiger partial charge in [0.05, 0.1) is 11.0 Å². The smallest absolute Gasteiger partial charge is 0.279 e. The third-order valence-corrected chi connectivity index (χ3v) is 4.04. The molecule has 0 radical (unpaired) electrons. The molecule has 0 saturated carbocycles. The molecule has 0 aliphatic heterocycles. The summed E-state index contributed by atoms with van der Waals surface area (Å²) < 4.78 is 1.54. The Kier molecular flexibility index (Phi) is 3.81. The minimum atomic E-state index is -0.341. The van der Waals surface area contributed by atoms with Gasteiger partial charge in [0, 0.05) is 7.62 Å². The highest BCUT2D eigenvalue weighted by atomic mass is 16.2. The number of rotatable bonds is 3. The van der Waals surface area contributed by atoms with E-state index in [1.807, 2.05) is 18.2 Å². The van der Waals surface area contributed by atoms with E-state index < -0.39 is 0 Å². The van der Waals surface area contributed by atoms with Crippen LogP contribution in [-0.2, 0) is 0 Å². The minimum absolute atomic E-state index is 0. The molecule has 0 spiro atoms. The van der Waals surface area contributed by atoms with Crippen molar-refractivity contribution < 1.29 is 6.22 Å². The van der Waals surface area contributed by atoms with Gasteiger partial charge in [0.25, 0.3) is 5.91 Å². The summed E-state index contributed by atoms with van der Waals surface area (Å²) in [6.45, 7) is 1.78. The molecule has 0 unspecified atom stereocenters. The minimum Gasteiger partial charge on any atom is -0.305 e.